The van der Waals surface area contributed by atoms with E-state index in [2.05, 4.69) is 10.1 Å². The van der Waals surface area contributed by atoms with Crippen LogP contribution in [0.25, 0.3) is 0 Å². The number of thioether (sulfide) groups is 1. The molecule has 0 amide bonds. The first-order valence-electron chi connectivity index (χ1n) is 5.02. The smallest absolute Gasteiger partial charge is 0.303 e. The van der Waals surface area contributed by atoms with Gasteiger partial charge in [-0.2, -0.15) is 16.7 Å². The molecule has 16 heavy (non-hydrogen) atoms. The molecule has 2 heterocycles. The first kappa shape index (κ1) is 11.4. The lowest BCUT2D eigenvalue weighted by Crippen LogP contribution is -2.37. The van der Waals surface area contributed by atoms with Crippen molar-refractivity contribution in [2.75, 3.05) is 11.5 Å². The number of aromatic nitrogens is 2. The summed E-state index contributed by atoms with van der Waals surface area (Å²) >= 11 is 1.76. The molecule has 0 spiro atoms. The second-order valence-corrected chi connectivity index (χ2v) is 4.97. The molecule has 1 aliphatic heterocycles. The molecule has 1 unspecified atom stereocenters. The van der Waals surface area contributed by atoms with Gasteiger partial charge in [0.05, 0.1) is 12.0 Å². The van der Waals surface area contributed by atoms with E-state index in [4.69, 9.17) is 15.4 Å². The van der Waals surface area contributed by atoms with E-state index in [-0.39, 0.29) is 12.8 Å². The van der Waals surface area contributed by atoms with E-state index < -0.39 is 11.5 Å². The van der Waals surface area contributed by atoms with Crippen molar-refractivity contribution >= 4 is 17.7 Å². The summed E-state index contributed by atoms with van der Waals surface area (Å²) in [6.45, 7) is 0. The molecule has 1 saturated heterocycles. The zero-order valence-electron chi connectivity index (χ0n) is 8.68. The fraction of sp³-hybridized carbons (Fsp3) is 0.667. The van der Waals surface area contributed by atoms with E-state index in [0.29, 0.717) is 11.7 Å². The molecule has 1 aromatic heterocycles. The second-order valence-electron chi connectivity index (χ2n) is 3.86. The van der Waals surface area contributed by atoms with E-state index in [0.717, 1.165) is 17.9 Å². The first-order chi connectivity index (χ1) is 7.60. The van der Waals surface area contributed by atoms with E-state index in [1.165, 1.54) is 0 Å². The van der Waals surface area contributed by atoms with Crippen molar-refractivity contribution in [2.24, 2.45) is 5.73 Å². The minimum Gasteiger partial charge on any atom is -0.481 e. The molecule has 88 valence electrons. The van der Waals surface area contributed by atoms with Gasteiger partial charge in [-0.1, -0.05) is 5.16 Å². The minimum absolute atomic E-state index is 0.00600. The average molecular weight is 243 g/mol. The molecule has 1 aromatic rings. The fourth-order valence-electron chi connectivity index (χ4n) is 1.53. The summed E-state index contributed by atoms with van der Waals surface area (Å²) in [4.78, 5) is 14.5. The molecule has 1 fully saturated rings. The Bertz CT molecular complexity index is 387. The Morgan fingerprint density at radius 2 is 2.50 bits per heavy atom. The van der Waals surface area contributed by atoms with Crippen LogP contribution >= 0.6 is 11.8 Å². The highest BCUT2D eigenvalue weighted by atomic mass is 32.2. The number of aryl methyl sites for hydroxylation is 1. The number of hydrogen-bond donors (Lipinski definition) is 2. The van der Waals surface area contributed by atoms with E-state index in [1.54, 1.807) is 11.8 Å². The van der Waals surface area contributed by atoms with Gasteiger partial charge in [0.2, 0.25) is 5.89 Å². The molecular weight excluding hydrogens is 230 g/mol. The average Bonchev–Trinajstić information content (AvgIpc) is 2.84. The highest BCUT2D eigenvalue weighted by molar-refractivity contribution is 7.99. The van der Waals surface area contributed by atoms with Crippen molar-refractivity contribution in [3.05, 3.63) is 11.7 Å². The molecule has 3 N–H and O–H groups in total. The van der Waals surface area contributed by atoms with Crippen molar-refractivity contribution in [1.29, 1.82) is 0 Å². The lowest BCUT2D eigenvalue weighted by atomic mass is 10.00. The Morgan fingerprint density at radius 3 is 3.12 bits per heavy atom. The number of rotatable bonds is 4. The van der Waals surface area contributed by atoms with Gasteiger partial charge >= 0.3 is 5.97 Å². The van der Waals surface area contributed by atoms with Gasteiger partial charge in [0.15, 0.2) is 5.82 Å². The summed E-state index contributed by atoms with van der Waals surface area (Å²) in [5, 5.41) is 12.4. The predicted octanol–water partition coefficient (Wildman–Crippen LogP) is 0.378. The van der Waals surface area contributed by atoms with Crippen LogP contribution in [-0.2, 0) is 16.8 Å². The molecule has 0 aliphatic carbocycles. The van der Waals surface area contributed by atoms with Crippen LogP contribution in [-0.4, -0.2) is 32.7 Å². The van der Waals surface area contributed by atoms with Crippen LogP contribution in [0.3, 0.4) is 0 Å². The van der Waals surface area contributed by atoms with Crippen LogP contribution in [0.1, 0.15) is 24.6 Å². The Kier molecular flexibility index (Phi) is 3.15. The van der Waals surface area contributed by atoms with Crippen LogP contribution in [0.4, 0.5) is 0 Å². The van der Waals surface area contributed by atoms with Crippen LogP contribution in [0.5, 0.6) is 0 Å². The SMILES string of the molecule is NC1(c2noc(CCC(=O)O)n2)CCSC1. The van der Waals surface area contributed by atoms with Gasteiger partial charge in [0, 0.05) is 12.2 Å². The minimum atomic E-state index is -0.876. The van der Waals surface area contributed by atoms with Gasteiger partial charge in [-0.15, -0.1) is 0 Å². The van der Waals surface area contributed by atoms with E-state index in [9.17, 15) is 4.79 Å². The molecule has 0 saturated carbocycles. The number of aliphatic carboxylic acids is 1. The fourth-order valence-corrected chi connectivity index (χ4v) is 2.82. The number of nitrogens with two attached hydrogens (primary N) is 1. The second kappa shape index (κ2) is 4.42. The van der Waals surface area contributed by atoms with Gasteiger partial charge in [0.25, 0.3) is 0 Å². The largest absolute Gasteiger partial charge is 0.481 e. The maximum atomic E-state index is 10.4. The standard InChI is InChI=1S/C9H13N3O3S/c10-9(3-4-16-5-9)8-11-6(15-12-8)1-2-7(13)14/h1-5,10H2,(H,13,14). The third-order valence-electron chi connectivity index (χ3n) is 2.52. The summed E-state index contributed by atoms with van der Waals surface area (Å²) in [7, 11) is 0. The van der Waals surface area contributed by atoms with Crippen molar-refractivity contribution < 1.29 is 14.4 Å². The number of carboxylic acids is 1. The molecule has 1 aliphatic rings. The van der Waals surface area contributed by atoms with Crippen molar-refractivity contribution in [3.63, 3.8) is 0 Å². The summed E-state index contributed by atoms with van der Waals surface area (Å²) < 4.78 is 4.98. The lowest BCUT2D eigenvalue weighted by molar-refractivity contribution is -0.137. The molecule has 1 atom stereocenters. The number of carbonyl (C=O) groups is 1. The Labute approximate surface area is 96.6 Å². The Hall–Kier alpha value is -1.08. The van der Waals surface area contributed by atoms with E-state index in [1.807, 2.05) is 0 Å². The van der Waals surface area contributed by atoms with Crippen molar-refractivity contribution in [1.82, 2.24) is 10.1 Å². The zero-order valence-corrected chi connectivity index (χ0v) is 9.50. The molecule has 2 rings (SSSR count). The van der Waals surface area contributed by atoms with E-state index >= 15 is 0 Å². The van der Waals surface area contributed by atoms with Gasteiger partial charge in [-0.25, -0.2) is 0 Å². The maximum Gasteiger partial charge on any atom is 0.303 e. The molecule has 6 nitrogen and oxygen atoms in total. The number of hydrogen-bond acceptors (Lipinski definition) is 6. The van der Waals surface area contributed by atoms with Crippen molar-refractivity contribution in [2.45, 2.75) is 24.8 Å². The van der Waals surface area contributed by atoms with Gasteiger partial charge in [0.1, 0.15) is 0 Å². The molecular formula is C9H13N3O3S. The Balaban J connectivity index is 2.04. The van der Waals surface area contributed by atoms with Gasteiger partial charge in [-0.05, 0) is 12.2 Å². The van der Waals surface area contributed by atoms with Crippen molar-refractivity contribution in [3.8, 4) is 0 Å². The maximum absolute atomic E-state index is 10.4. The summed E-state index contributed by atoms with van der Waals surface area (Å²) in [5.41, 5.74) is 5.62. The van der Waals surface area contributed by atoms with Crippen LogP contribution < -0.4 is 5.73 Å². The topological polar surface area (TPSA) is 102 Å². The highest BCUT2D eigenvalue weighted by Gasteiger charge is 2.36. The number of nitrogens with zero attached hydrogens (tertiary/aromatic N) is 2. The van der Waals surface area contributed by atoms with Gasteiger partial charge < -0.3 is 15.4 Å². The summed E-state index contributed by atoms with van der Waals surface area (Å²) in [6, 6.07) is 0. The highest BCUT2D eigenvalue weighted by Crippen LogP contribution is 2.32. The van der Waals surface area contributed by atoms with Crippen LogP contribution in [0, 0.1) is 0 Å². The van der Waals surface area contributed by atoms with Crippen LogP contribution in [0.15, 0.2) is 4.52 Å². The zero-order chi connectivity index (χ0) is 11.6. The molecule has 0 aromatic carbocycles. The van der Waals surface area contributed by atoms with Crippen LogP contribution in [0.2, 0.25) is 0 Å². The summed E-state index contributed by atoms with van der Waals surface area (Å²) in [5.74, 6) is 1.75. The lowest BCUT2D eigenvalue weighted by Gasteiger charge is -2.16. The quantitative estimate of drug-likeness (QED) is 0.787. The molecule has 7 heteroatoms. The van der Waals surface area contributed by atoms with Gasteiger partial charge in [-0.3, -0.25) is 4.79 Å². The molecule has 0 bridgehead atoms. The Morgan fingerprint density at radius 1 is 1.69 bits per heavy atom. The predicted molar refractivity (Wildman–Crippen MR) is 58.1 cm³/mol. The third kappa shape index (κ3) is 2.35. The number of carboxylic acid groups (broad SMARTS) is 1. The normalized spacial score (nSPS) is 24.8. The third-order valence-corrected chi connectivity index (χ3v) is 3.73. The molecule has 0 radical (unpaired) electrons. The monoisotopic (exact) mass is 243 g/mol. The first-order valence-corrected chi connectivity index (χ1v) is 6.17. The summed E-state index contributed by atoms with van der Waals surface area (Å²) in [6.07, 6.45) is 1.08.